The molecule has 1 aliphatic carbocycles. The molecule has 0 spiro atoms. The Labute approximate surface area is 106 Å². The molecule has 100 valence electrons. The zero-order valence-electron chi connectivity index (χ0n) is 11.5. The summed E-state index contributed by atoms with van der Waals surface area (Å²) < 4.78 is 0. The van der Waals surface area contributed by atoms with Gasteiger partial charge in [0.15, 0.2) is 0 Å². The van der Waals surface area contributed by atoms with Gasteiger partial charge in [-0.1, -0.05) is 26.2 Å². The molecule has 2 N–H and O–H groups in total. The summed E-state index contributed by atoms with van der Waals surface area (Å²) in [6.45, 7) is 3.50. The quantitative estimate of drug-likeness (QED) is 0.775. The summed E-state index contributed by atoms with van der Waals surface area (Å²) in [6.07, 6.45) is 8.65. The Morgan fingerprint density at radius 1 is 1.29 bits per heavy atom. The number of rotatable bonds is 6. The Morgan fingerprint density at radius 3 is 2.47 bits per heavy atom. The van der Waals surface area contributed by atoms with E-state index in [2.05, 4.69) is 6.92 Å². The predicted molar refractivity (Wildman–Crippen MR) is 71.7 cm³/mol. The van der Waals surface area contributed by atoms with Crippen LogP contribution in [0.2, 0.25) is 0 Å². The Bertz CT molecular complexity index is 222. The second-order valence-corrected chi connectivity index (χ2v) is 5.41. The lowest BCUT2D eigenvalue weighted by molar-refractivity contribution is -0.135. The van der Waals surface area contributed by atoms with E-state index < -0.39 is 0 Å². The molecule has 1 aliphatic rings. The van der Waals surface area contributed by atoms with Crippen LogP contribution in [-0.2, 0) is 4.79 Å². The van der Waals surface area contributed by atoms with Gasteiger partial charge in [-0.25, -0.2) is 0 Å². The van der Waals surface area contributed by atoms with Crippen molar-refractivity contribution >= 4 is 5.91 Å². The molecular weight excluding hydrogens is 212 g/mol. The molecule has 0 bridgehead atoms. The molecular formula is C14H28N2O. The predicted octanol–water partition coefficient (Wildman–Crippen LogP) is 2.40. The summed E-state index contributed by atoms with van der Waals surface area (Å²) in [5.41, 5.74) is 5.48. The number of unbranched alkanes of at least 4 members (excludes halogenated alkanes) is 1. The Morgan fingerprint density at radius 2 is 1.94 bits per heavy atom. The van der Waals surface area contributed by atoms with E-state index in [1.807, 2.05) is 7.05 Å². The minimum absolute atomic E-state index is 0.268. The summed E-state index contributed by atoms with van der Waals surface area (Å²) in [7, 11) is 1.87. The van der Waals surface area contributed by atoms with Gasteiger partial charge in [0, 0.05) is 26.1 Å². The van der Waals surface area contributed by atoms with E-state index in [1.54, 1.807) is 4.90 Å². The monoisotopic (exact) mass is 240 g/mol. The standard InChI is InChI=1S/C14H28N2O/c1-3-4-5-12-6-8-13(9-7-12)14(17)16(2)11-10-15/h12-13H,3-11,15H2,1-2H3. The molecule has 0 aromatic carbocycles. The first-order chi connectivity index (χ1) is 8.19. The lowest BCUT2D eigenvalue weighted by Crippen LogP contribution is -2.37. The highest BCUT2D eigenvalue weighted by Crippen LogP contribution is 2.32. The van der Waals surface area contributed by atoms with Crippen LogP contribution in [0.3, 0.4) is 0 Å². The molecule has 0 radical (unpaired) electrons. The highest BCUT2D eigenvalue weighted by atomic mass is 16.2. The first kappa shape index (κ1) is 14.5. The van der Waals surface area contributed by atoms with Crippen molar-refractivity contribution in [3.8, 4) is 0 Å². The van der Waals surface area contributed by atoms with Gasteiger partial charge in [-0.05, 0) is 31.6 Å². The van der Waals surface area contributed by atoms with E-state index in [4.69, 9.17) is 5.73 Å². The second-order valence-electron chi connectivity index (χ2n) is 5.41. The first-order valence-electron chi connectivity index (χ1n) is 7.14. The van der Waals surface area contributed by atoms with Crippen LogP contribution in [0.4, 0.5) is 0 Å². The second kappa shape index (κ2) is 7.70. The maximum Gasteiger partial charge on any atom is 0.225 e. The maximum atomic E-state index is 12.1. The topological polar surface area (TPSA) is 46.3 Å². The normalized spacial score (nSPS) is 24.6. The van der Waals surface area contributed by atoms with Gasteiger partial charge in [-0.15, -0.1) is 0 Å². The van der Waals surface area contributed by atoms with Crippen LogP contribution in [0.5, 0.6) is 0 Å². The molecule has 0 saturated heterocycles. The van der Waals surface area contributed by atoms with E-state index in [0.717, 1.165) is 18.8 Å². The van der Waals surface area contributed by atoms with E-state index in [0.29, 0.717) is 19.0 Å². The zero-order valence-corrected chi connectivity index (χ0v) is 11.5. The minimum Gasteiger partial charge on any atom is -0.344 e. The highest BCUT2D eigenvalue weighted by molar-refractivity contribution is 5.78. The molecule has 0 aromatic rings. The van der Waals surface area contributed by atoms with Crippen molar-refractivity contribution in [3.63, 3.8) is 0 Å². The zero-order chi connectivity index (χ0) is 12.7. The van der Waals surface area contributed by atoms with Gasteiger partial charge in [0.05, 0.1) is 0 Å². The minimum atomic E-state index is 0.268. The molecule has 0 unspecified atom stereocenters. The van der Waals surface area contributed by atoms with Gasteiger partial charge < -0.3 is 10.6 Å². The summed E-state index contributed by atoms with van der Waals surface area (Å²) in [4.78, 5) is 13.9. The molecule has 1 amide bonds. The number of nitrogens with two attached hydrogens (primary N) is 1. The smallest absolute Gasteiger partial charge is 0.225 e. The third-order valence-corrected chi connectivity index (χ3v) is 4.00. The highest BCUT2D eigenvalue weighted by Gasteiger charge is 2.27. The van der Waals surface area contributed by atoms with Gasteiger partial charge in [-0.3, -0.25) is 4.79 Å². The van der Waals surface area contributed by atoms with Crippen LogP contribution in [0, 0.1) is 11.8 Å². The van der Waals surface area contributed by atoms with Crippen molar-refractivity contribution in [3.05, 3.63) is 0 Å². The molecule has 17 heavy (non-hydrogen) atoms. The van der Waals surface area contributed by atoms with Crippen LogP contribution in [-0.4, -0.2) is 30.9 Å². The first-order valence-corrected chi connectivity index (χ1v) is 7.14. The van der Waals surface area contributed by atoms with Crippen LogP contribution >= 0.6 is 0 Å². The van der Waals surface area contributed by atoms with E-state index in [1.165, 1.54) is 32.1 Å². The van der Waals surface area contributed by atoms with E-state index in [-0.39, 0.29) is 5.92 Å². The summed E-state index contributed by atoms with van der Waals surface area (Å²) in [5, 5.41) is 0. The Kier molecular flexibility index (Phi) is 6.56. The number of hydrogen-bond donors (Lipinski definition) is 1. The van der Waals surface area contributed by atoms with Gasteiger partial charge >= 0.3 is 0 Å². The van der Waals surface area contributed by atoms with Gasteiger partial charge in [0.25, 0.3) is 0 Å². The Hall–Kier alpha value is -0.570. The number of carbonyl (C=O) groups excluding carboxylic acids is 1. The fourth-order valence-electron chi connectivity index (χ4n) is 2.81. The van der Waals surface area contributed by atoms with Crippen molar-refractivity contribution in [2.45, 2.75) is 51.9 Å². The molecule has 3 nitrogen and oxygen atoms in total. The molecule has 3 heteroatoms. The Balaban J connectivity index is 2.28. The third kappa shape index (κ3) is 4.66. The largest absolute Gasteiger partial charge is 0.344 e. The molecule has 0 heterocycles. The molecule has 0 atom stereocenters. The molecule has 1 saturated carbocycles. The molecule has 1 rings (SSSR count). The van der Waals surface area contributed by atoms with Crippen LogP contribution in [0.1, 0.15) is 51.9 Å². The fraction of sp³-hybridized carbons (Fsp3) is 0.929. The van der Waals surface area contributed by atoms with Crippen LogP contribution in [0.25, 0.3) is 0 Å². The number of nitrogens with zero attached hydrogens (tertiary/aromatic N) is 1. The van der Waals surface area contributed by atoms with Crippen LogP contribution in [0.15, 0.2) is 0 Å². The van der Waals surface area contributed by atoms with Crippen molar-refractivity contribution in [1.29, 1.82) is 0 Å². The molecule has 0 aliphatic heterocycles. The van der Waals surface area contributed by atoms with Crippen molar-refractivity contribution < 1.29 is 4.79 Å². The maximum absolute atomic E-state index is 12.1. The average molecular weight is 240 g/mol. The lowest BCUT2D eigenvalue weighted by atomic mass is 9.79. The summed E-state index contributed by atoms with van der Waals surface area (Å²) >= 11 is 0. The molecule has 1 fully saturated rings. The van der Waals surface area contributed by atoms with E-state index >= 15 is 0 Å². The van der Waals surface area contributed by atoms with Crippen molar-refractivity contribution in [1.82, 2.24) is 4.90 Å². The lowest BCUT2D eigenvalue weighted by Gasteiger charge is -2.30. The number of likely N-dealkylation sites (N-methyl/N-ethyl adjacent to an activating group) is 1. The van der Waals surface area contributed by atoms with Crippen molar-refractivity contribution in [2.75, 3.05) is 20.1 Å². The van der Waals surface area contributed by atoms with Crippen molar-refractivity contribution in [2.24, 2.45) is 17.6 Å². The number of hydrogen-bond acceptors (Lipinski definition) is 2. The SMILES string of the molecule is CCCCC1CCC(C(=O)N(C)CCN)CC1. The molecule has 0 aromatic heterocycles. The van der Waals surface area contributed by atoms with Gasteiger partial charge in [0.2, 0.25) is 5.91 Å². The number of carbonyl (C=O) groups is 1. The van der Waals surface area contributed by atoms with E-state index in [9.17, 15) is 4.79 Å². The summed E-state index contributed by atoms with van der Waals surface area (Å²) in [6, 6.07) is 0. The average Bonchev–Trinajstić information content (AvgIpc) is 2.36. The van der Waals surface area contributed by atoms with Gasteiger partial charge in [-0.2, -0.15) is 0 Å². The fourth-order valence-corrected chi connectivity index (χ4v) is 2.81. The third-order valence-electron chi connectivity index (χ3n) is 4.00. The van der Waals surface area contributed by atoms with Crippen LogP contribution < -0.4 is 5.73 Å². The van der Waals surface area contributed by atoms with Gasteiger partial charge in [0.1, 0.15) is 0 Å². The summed E-state index contributed by atoms with van der Waals surface area (Å²) in [5.74, 6) is 1.45. The number of amides is 1.